The lowest BCUT2D eigenvalue weighted by atomic mass is 10.0. The van der Waals surface area contributed by atoms with E-state index in [0.717, 1.165) is 0 Å². The molecule has 0 atom stereocenters. The zero-order valence-electron chi connectivity index (χ0n) is 9.04. The van der Waals surface area contributed by atoms with Gasteiger partial charge in [-0.1, -0.05) is 6.07 Å². The second kappa shape index (κ2) is 3.94. The SMILES string of the molecule is Fc1cc(F)c(-c2ccc3c(c2)OCO3)c(F)c1. The van der Waals surface area contributed by atoms with Crippen LogP contribution in [0.5, 0.6) is 11.5 Å². The van der Waals surface area contributed by atoms with Crippen molar-refractivity contribution in [1.82, 2.24) is 0 Å². The third-order valence-electron chi connectivity index (χ3n) is 2.67. The normalized spacial score (nSPS) is 12.8. The predicted molar refractivity (Wildman–Crippen MR) is 57.9 cm³/mol. The van der Waals surface area contributed by atoms with Gasteiger partial charge in [-0.25, -0.2) is 13.2 Å². The monoisotopic (exact) mass is 252 g/mol. The molecule has 0 saturated heterocycles. The van der Waals surface area contributed by atoms with Crippen molar-refractivity contribution >= 4 is 0 Å². The first kappa shape index (κ1) is 11.0. The fourth-order valence-corrected chi connectivity index (χ4v) is 1.87. The van der Waals surface area contributed by atoms with Gasteiger partial charge in [-0.3, -0.25) is 0 Å². The summed E-state index contributed by atoms with van der Waals surface area (Å²) in [5.41, 5.74) is -0.0102. The average Bonchev–Trinajstić information content (AvgIpc) is 2.74. The Bertz CT molecular complexity index is 603. The maximum atomic E-state index is 13.6. The van der Waals surface area contributed by atoms with Crippen LogP contribution in [0.3, 0.4) is 0 Å². The summed E-state index contributed by atoms with van der Waals surface area (Å²) in [7, 11) is 0. The molecule has 0 saturated carbocycles. The van der Waals surface area contributed by atoms with Crippen molar-refractivity contribution in [3.05, 3.63) is 47.8 Å². The molecule has 0 amide bonds. The van der Waals surface area contributed by atoms with E-state index in [4.69, 9.17) is 9.47 Å². The van der Waals surface area contributed by atoms with Gasteiger partial charge >= 0.3 is 0 Å². The van der Waals surface area contributed by atoms with Crippen LogP contribution in [0.4, 0.5) is 13.2 Å². The van der Waals surface area contributed by atoms with Crippen LogP contribution < -0.4 is 9.47 Å². The van der Waals surface area contributed by atoms with E-state index in [-0.39, 0.29) is 17.9 Å². The molecule has 0 bridgehead atoms. The van der Waals surface area contributed by atoms with E-state index in [1.165, 1.54) is 12.1 Å². The second-order valence-corrected chi connectivity index (χ2v) is 3.81. The zero-order chi connectivity index (χ0) is 12.7. The molecular weight excluding hydrogens is 245 g/mol. The van der Waals surface area contributed by atoms with E-state index in [0.29, 0.717) is 23.6 Å². The summed E-state index contributed by atoms with van der Waals surface area (Å²) in [6, 6.07) is 5.79. The zero-order valence-corrected chi connectivity index (χ0v) is 9.04. The summed E-state index contributed by atoms with van der Waals surface area (Å²) in [6.07, 6.45) is 0. The Labute approximate surface area is 101 Å². The standard InChI is InChI=1S/C13H7F3O2/c14-8-4-9(15)13(10(16)5-8)7-1-2-11-12(3-7)18-6-17-11/h1-5H,6H2. The number of ether oxygens (including phenoxy) is 2. The smallest absolute Gasteiger partial charge is 0.231 e. The van der Waals surface area contributed by atoms with Gasteiger partial charge in [0.15, 0.2) is 11.5 Å². The summed E-state index contributed by atoms with van der Waals surface area (Å²) >= 11 is 0. The summed E-state index contributed by atoms with van der Waals surface area (Å²) in [6.45, 7) is 0.0766. The minimum atomic E-state index is -0.952. The predicted octanol–water partition coefficient (Wildman–Crippen LogP) is 3.50. The number of fused-ring (bicyclic) bond motifs is 1. The van der Waals surface area contributed by atoms with Crippen molar-refractivity contribution in [2.75, 3.05) is 6.79 Å². The lowest BCUT2D eigenvalue weighted by Gasteiger charge is -2.06. The lowest BCUT2D eigenvalue weighted by molar-refractivity contribution is 0.174. The molecule has 3 rings (SSSR count). The third-order valence-corrected chi connectivity index (χ3v) is 2.67. The van der Waals surface area contributed by atoms with E-state index < -0.39 is 17.5 Å². The van der Waals surface area contributed by atoms with Crippen LogP contribution in [-0.4, -0.2) is 6.79 Å². The molecule has 1 heterocycles. The number of hydrogen-bond acceptors (Lipinski definition) is 2. The summed E-state index contributed by atoms with van der Waals surface area (Å²) in [5, 5.41) is 0. The molecule has 92 valence electrons. The van der Waals surface area contributed by atoms with Crippen LogP contribution >= 0.6 is 0 Å². The Hall–Kier alpha value is -2.17. The van der Waals surface area contributed by atoms with Gasteiger partial charge in [0.25, 0.3) is 0 Å². The summed E-state index contributed by atoms with van der Waals surface area (Å²) in [4.78, 5) is 0. The van der Waals surface area contributed by atoms with Gasteiger partial charge in [0.1, 0.15) is 17.5 Å². The van der Waals surface area contributed by atoms with Gasteiger partial charge in [0, 0.05) is 12.1 Å². The third kappa shape index (κ3) is 1.68. The van der Waals surface area contributed by atoms with E-state index in [2.05, 4.69) is 0 Å². The number of rotatable bonds is 1. The second-order valence-electron chi connectivity index (χ2n) is 3.81. The minimum absolute atomic E-state index is 0.0766. The van der Waals surface area contributed by atoms with Gasteiger partial charge in [0.05, 0.1) is 5.56 Å². The Morgan fingerprint density at radius 1 is 0.833 bits per heavy atom. The molecule has 1 aliphatic rings. The maximum Gasteiger partial charge on any atom is 0.231 e. The topological polar surface area (TPSA) is 18.5 Å². The molecule has 2 aromatic rings. The lowest BCUT2D eigenvalue weighted by Crippen LogP contribution is -1.93. The molecule has 0 unspecified atom stereocenters. The Balaban J connectivity index is 2.16. The van der Waals surface area contributed by atoms with Crippen molar-refractivity contribution in [2.45, 2.75) is 0 Å². The van der Waals surface area contributed by atoms with Gasteiger partial charge in [-0.15, -0.1) is 0 Å². The highest BCUT2D eigenvalue weighted by molar-refractivity contribution is 5.68. The van der Waals surface area contributed by atoms with Crippen LogP contribution in [0.1, 0.15) is 0 Å². The van der Waals surface area contributed by atoms with Crippen LogP contribution in [0.2, 0.25) is 0 Å². The molecule has 0 N–H and O–H groups in total. The maximum absolute atomic E-state index is 13.6. The Morgan fingerprint density at radius 2 is 1.50 bits per heavy atom. The minimum Gasteiger partial charge on any atom is -0.454 e. The molecule has 0 aliphatic carbocycles. The van der Waals surface area contributed by atoms with Crippen LogP contribution in [-0.2, 0) is 0 Å². The van der Waals surface area contributed by atoms with Gasteiger partial charge in [-0.2, -0.15) is 0 Å². The average molecular weight is 252 g/mol. The van der Waals surface area contributed by atoms with Crippen molar-refractivity contribution in [3.63, 3.8) is 0 Å². The molecule has 0 radical (unpaired) electrons. The Morgan fingerprint density at radius 3 is 2.22 bits per heavy atom. The van der Waals surface area contributed by atoms with Crippen molar-refractivity contribution in [1.29, 1.82) is 0 Å². The molecule has 0 aromatic heterocycles. The molecule has 2 nitrogen and oxygen atoms in total. The quantitative estimate of drug-likeness (QED) is 0.773. The highest BCUT2D eigenvalue weighted by atomic mass is 19.1. The molecule has 0 spiro atoms. The van der Waals surface area contributed by atoms with Crippen molar-refractivity contribution in [3.8, 4) is 22.6 Å². The van der Waals surface area contributed by atoms with E-state index in [1.807, 2.05) is 0 Å². The highest BCUT2D eigenvalue weighted by Crippen LogP contribution is 2.37. The number of hydrogen-bond donors (Lipinski definition) is 0. The molecule has 5 heteroatoms. The van der Waals surface area contributed by atoms with E-state index in [1.54, 1.807) is 6.07 Å². The largest absolute Gasteiger partial charge is 0.454 e. The van der Waals surface area contributed by atoms with Gasteiger partial charge in [0.2, 0.25) is 6.79 Å². The van der Waals surface area contributed by atoms with Gasteiger partial charge in [-0.05, 0) is 17.7 Å². The molecule has 18 heavy (non-hydrogen) atoms. The van der Waals surface area contributed by atoms with Gasteiger partial charge < -0.3 is 9.47 Å². The van der Waals surface area contributed by atoms with Crippen molar-refractivity contribution in [2.24, 2.45) is 0 Å². The van der Waals surface area contributed by atoms with Crippen LogP contribution in [0.15, 0.2) is 30.3 Å². The highest BCUT2D eigenvalue weighted by Gasteiger charge is 2.18. The van der Waals surface area contributed by atoms with E-state index >= 15 is 0 Å². The van der Waals surface area contributed by atoms with Crippen LogP contribution in [0.25, 0.3) is 11.1 Å². The molecule has 2 aromatic carbocycles. The van der Waals surface area contributed by atoms with Crippen molar-refractivity contribution < 1.29 is 22.6 Å². The van der Waals surface area contributed by atoms with E-state index in [9.17, 15) is 13.2 Å². The first-order valence-corrected chi connectivity index (χ1v) is 5.20. The fourth-order valence-electron chi connectivity index (χ4n) is 1.87. The fraction of sp³-hybridized carbons (Fsp3) is 0.0769. The first-order chi connectivity index (χ1) is 8.65. The molecule has 0 fully saturated rings. The Kier molecular flexibility index (Phi) is 2.40. The molecular formula is C13H7F3O2. The first-order valence-electron chi connectivity index (χ1n) is 5.20. The number of benzene rings is 2. The summed E-state index contributed by atoms with van der Waals surface area (Å²) in [5.74, 6) is -1.93. The summed E-state index contributed by atoms with van der Waals surface area (Å²) < 4.78 is 50.2. The van der Waals surface area contributed by atoms with Crippen LogP contribution in [0, 0.1) is 17.5 Å². The molecule has 1 aliphatic heterocycles. The number of halogens is 3.